The van der Waals surface area contributed by atoms with Gasteiger partial charge in [-0.25, -0.2) is 4.57 Å². The summed E-state index contributed by atoms with van der Waals surface area (Å²) in [5, 5.41) is 0. The van der Waals surface area contributed by atoms with Gasteiger partial charge in [0.1, 0.15) is 0 Å². The van der Waals surface area contributed by atoms with Gasteiger partial charge in [0.05, 0.1) is 0 Å². The van der Waals surface area contributed by atoms with Crippen LogP contribution in [0, 0.1) is 0 Å². The Labute approximate surface area is 53.0 Å². The minimum absolute atomic E-state index is 0.778. The highest BCUT2D eigenvalue weighted by atomic mass is 35.6. The normalized spacial score (nSPS) is 9.14. The molecule has 0 amide bonds. The maximum Gasteiger partial charge on any atom is 0.466 e. The second kappa shape index (κ2) is 5.08. The van der Waals surface area contributed by atoms with Gasteiger partial charge in [0.25, 0.3) is 0 Å². The summed E-state index contributed by atoms with van der Waals surface area (Å²) in [4.78, 5) is 21.6. The molecule has 0 radical (unpaired) electrons. The molecular formula is H5AlClO4P. The summed E-state index contributed by atoms with van der Waals surface area (Å²) in [6.45, 7) is 0. The lowest BCUT2D eigenvalue weighted by molar-refractivity contribution is 0.275. The fourth-order valence-electron chi connectivity index (χ4n) is 0. The van der Waals surface area contributed by atoms with Crippen LogP contribution in [-0.2, 0) is 4.57 Å². The maximum atomic E-state index is 8.88. The second-order valence-corrected chi connectivity index (χ2v) is 1.54. The van der Waals surface area contributed by atoms with Crippen molar-refractivity contribution in [3.05, 3.63) is 0 Å². The highest BCUT2D eigenvalue weighted by molar-refractivity contribution is 7.45. The molecular weight excluding hydrogens is 157 g/mol. The Morgan fingerprint density at radius 1 is 1.29 bits per heavy atom. The van der Waals surface area contributed by atoms with Crippen LogP contribution in [0.1, 0.15) is 0 Å². The predicted molar refractivity (Wildman–Crippen MR) is 28.7 cm³/mol. The lowest BCUT2D eigenvalue weighted by Crippen LogP contribution is -1.66. The molecule has 0 aromatic heterocycles. The van der Waals surface area contributed by atoms with E-state index in [1.807, 2.05) is 0 Å². The Bertz CT molecular complexity index is 57.8. The molecule has 0 bridgehead atoms. The van der Waals surface area contributed by atoms with Gasteiger partial charge in [-0.2, -0.15) is 0 Å². The Morgan fingerprint density at radius 3 is 1.29 bits per heavy atom. The van der Waals surface area contributed by atoms with Crippen LogP contribution in [-0.4, -0.2) is 30.0 Å². The molecule has 4 nitrogen and oxygen atoms in total. The summed E-state index contributed by atoms with van der Waals surface area (Å²) in [5.41, 5.74) is 0. The number of rotatable bonds is 0. The molecule has 0 aliphatic rings. The van der Waals surface area contributed by atoms with Crippen LogP contribution in [0.4, 0.5) is 0 Å². The van der Waals surface area contributed by atoms with Gasteiger partial charge in [0.15, 0.2) is 0 Å². The van der Waals surface area contributed by atoms with E-state index < -0.39 is 7.82 Å². The number of halogens is 1. The molecule has 0 aliphatic carbocycles. The van der Waals surface area contributed by atoms with Crippen LogP contribution in [0.25, 0.3) is 0 Å². The average Bonchev–Trinajstić information content (AvgIpc) is 1.36. The van der Waals surface area contributed by atoms with Gasteiger partial charge in [-0.05, 0) is 0 Å². The zero-order valence-electron chi connectivity index (χ0n) is 3.58. The predicted octanol–water partition coefficient (Wildman–Crippen LogP) is -1.16. The molecule has 0 unspecified atom stereocenters. The van der Waals surface area contributed by atoms with E-state index in [1.54, 1.807) is 0 Å². The number of hydrogen-bond acceptors (Lipinski definition) is 1. The van der Waals surface area contributed by atoms with Crippen molar-refractivity contribution in [2.24, 2.45) is 0 Å². The third-order valence-electron chi connectivity index (χ3n) is 0. The van der Waals surface area contributed by atoms with Gasteiger partial charge in [-0.15, -0.1) is 0 Å². The standard InChI is InChI=1S/Al.ClH.H3O4P.2H/c;;1-5(2,3)4;;/h;1H;(H3,1,2,3,4);;/q+1;;;;/p-1. The molecule has 3 N–H and O–H groups in total. The number of phosphoric acid groups is 1. The molecule has 7 heavy (non-hydrogen) atoms. The molecule has 0 heterocycles. The topological polar surface area (TPSA) is 77.8 Å². The van der Waals surface area contributed by atoms with Crippen LogP contribution in [0.5, 0.6) is 0 Å². The van der Waals surface area contributed by atoms with Crippen LogP contribution in [0.2, 0.25) is 0 Å². The fourth-order valence-corrected chi connectivity index (χ4v) is 0. The molecule has 44 valence electrons. The van der Waals surface area contributed by atoms with E-state index in [9.17, 15) is 0 Å². The molecule has 0 rings (SSSR count). The highest BCUT2D eigenvalue weighted by Gasteiger charge is 2.00. The molecule has 0 aromatic rings. The largest absolute Gasteiger partial charge is 0.466 e. The molecule has 0 fully saturated rings. The first-order chi connectivity index (χ1) is 3.00. The molecule has 0 atom stereocenters. The lowest BCUT2D eigenvalue weighted by Gasteiger charge is -1.82. The maximum absolute atomic E-state index is 8.88. The van der Waals surface area contributed by atoms with E-state index in [0.717, 1.165) is 15.4 Å². The summed E-state index contributed by atoms with van der Waals surface area (Å²) < 4.78 is 8.88. The average molecular weight is 162 g/mol. The third kappa shape index (κ3) is 194. The third-order valence-corrected chi connectivity index (χ3v) is 0. The van der Waals surface area contributed by atoms with E-state index in [2.05, 4.69) is 0 Å². The van der Waals surface area contributed by atoms with Gasteiger partial charge in [-0.1, -0.05) is 0 Å². The van der Waals surface area contributed by atoms with Gasteiger partial charge in [0, 0.05) is 0 Å². The lowest BCUT2D eigenvalue weighted by atomic mass is 15.8. The molecule has 0 spiro atoms. The summed E-state index contributed by atoms with van der Waals surface area (Å²) in [6, 6.07) is 0. The highest BCUT2D eigenvalue weighted by Crippen LogP contribution is 2.25. The molecule has 0 saturated carbocycles. The molecule has 0 aliphatic heterocycles. The summed E-state index contributed by atoms with van der Waals surface area (Å²) in [7, 11) is 0.139. The SMILES string of the molecule is O=P(O)(O)O.[AlH2][Cl]. The van der Waals surface area contributed by atoms with Crippen LogP contribution in [0.15, 0.2) is 0 Å². The van der Waals surface area contributed by atoms with Gasteiger partial charge in [0.2, 0.25) is 0 Å². The quantitative estimate of drug-likeness (QED) is 0.310. The van der Waals surface area contributed by atoms with E-state index in [0.29, 0.717) is 0 Å². The molecule has 0 aromatic carbocycles. The Morgan fingerprint density at radius 2 is 1.29 bits per heavy atom. The Hall–Kier alpha value is 0.932. The van der Waals surface area contributed by atoms with Gasteiger partial charge >= 0.3 is 23.2 Å². The summed E-state index contributed by atoms with van der Waals surface area (Å²) in [6.07, 6.45) is 0. The molecule has 0 saturated heterocycles. The Kier molecular flexibility index (Phi) is 7.86. The first-order valence-electron chi connectivity index (χ1n) is 1.16. The van der Waals surface area contributed by atoms with Crippen LogP contribution in [0.3, 0.4) is 0 Å². The van der Waals surface area contributed by atoms with Crippen LogP contribution >= 0.6 is 17.9 Å². The first kappa shape index (κ1) is 10.8. The zero-order chi connectivity index (χ0) is 6.50. The Balaban J connectivity index is 0. The van der Waals surface area contributed by atoms with Crippen molar-refractivity contribution in [1.82, 2.24) is 0 Å². The van der Waals surface area contributed by atoms with E-state index in [4.69, 9.17) is 29.3 Å². The first-order valence-corrected chi connectivity index (χ1v) is 5.75. The smallest absolute Gasteiger partial charge is 0.303 e. The van der Waals surface area contributed by atoms with Gasteiger partial charge in [-0.3, -0.25) is 10.0 Å². The minimum Gasteiger partial charge on any atom is -0.303 e. The van der Waals surface area contributed by atoms with Crippen molar-refractivity contribution < 1.29 is 19.2 Å². The van der Waals surface area contributed by atoms with E-state index in [1.165, 1.54) is 0 Å². The zero-order valence-corrected chi connectivity index (χ0v) is 7.23. The van der Waals surface area contributed by atoms with Crippen molar-refractivity contribution in [3.8, 4) is 0 Å². The minimum atomic E-state index is -4.64. The monoisotopic (exact) mass is 162 g/mol. The van der Waals surface area contributed by atoms with Crippen molar-refractivity contribution >= 4 is 33.2 Å². The number of hydrogen-bond donors (Lipinski definition) is 3. The van der Waals surface area contributed by atoms with Crippen LogP contribution < -0.4 is 0 Å². The summed E-state index contributed by atoms with van der Waals surface area (Å²) >= 11 is 0.778. The second-order valence-electron chi connectivity index (χ2n) is 0.513. The summed E-state index contributed by atoms with van der Waals surface area (Å²) in [5.74, 6) is 0. The van der Waals surface area contributed by atoms with Gasteiger partial charge < -0.3 is 14.7 Å². The fraction of sp³-hybridized carbons (Fsp3) is 0. The van der Waals surface area contributed by atoms with E-state index >= 15 is 0 Å². The van der Waals surface area contributed by atoms with Crippen molar-refractivity contribution in [1.29, 1.82) is 0 Å². The van der Waals surface area contributed by atoms with Crippen molar-refractivity contribution in [2.75, 3.05) is 0 Å². The van der Waals surface area contributed by atoms with Crippen molar-refractivity contribution in [2.45, 2.75) is 0 Å². The molecule has 7 heteroatoms. The van der Waals surface area contributed by atoms with E-state index in [-0.39, 0.29) is 0 Å². The van der Waals surface area contributed by atoms with Crippen molar-refractivity contribution in [3.63, 3.8) is 0 Å².